The molecule has 1 aliphatic rings. The molecule has 1 saturated heterocycles. The van der Waals surface area contributed by atoms with Gasteiger partial charge in [0, 0.05) is 26.7 Å². The van der Waals surface area contributed by atoms with Gasteiger partial charge in [-0.15, -0.1) is 11.3 Å². The molecule has 0 amide bonds. The second-order valence-corrected chi connectivity index (χ2v) is 5.51. The van der Waals surface area contributed by atoms with Crippen LogP contribution >= 0.6 is 11.3 Å². The first-order valence-electron chi connectivity index (χ1n) is 6.59. The summed E-state index contributed by atoms with van der Waals surface area (Å²) in [4.78, 5) is 12.7. The maximum absolute atomic E-state index is 5.47. The number of thiophene rings is 1. The molecule has 0 radical (unpaired) electrons. The highest BCUT2D eigenvalue weighted by molar-refractivity contribution is 7.16. The third-order valence-electron chi connectivity index (χ3n) is 3.29. The second-order valence-electron chi connectivity index (χ2n) is 4.62. The van der Waals surface area contributed by atoms with Crippen molar-refractivity contribution >= 4 is 27.4 Å². The minimum absolute atomic E-state index is 0.798. The fourth-order valence-corrected chi connectivity index (χ4v) is 3.10. The molecular weight excluding hydrogens is 260 g/mol. The van der Waals surface area contributed by atoms with E-state index in [4.69, 9.17) is 4.74 Å². The summed E-state index contributed by atoms with van der Waals surface area (Å²) < 4.78 is 5.47. The number of ether oxygens (including phenoxy) is 1. The predicted octanol–water partition coefficient (Wildman–Crippen LogP) is 1.96. The Labute approximate surface area is 116 Å². The maximum atomic E-state index is 5.47. The summed E-state index contributed by atoms with van der Waals surface area (Å²) in [5, 5.41) is 6.32. The lowest BCUT2D eigenvalue weighted by atomic mass is 10.3. The molecule has 0 atom stereocenters. The number of aromatic nitrogens is 2. The Balaban J connectivity index is 1.83. The van der Waals surface area contributed by atoms with E-state index < -0.39 is 0 Å². The average molecular weight is 278 g/mol. The zero-order valence-corrected chi connectivity index (χ0v) is 11.9. The van der Waals surface area contributed by atoms with Crippen LogP contribution < -0.4 is 5.32 Å². The normalized spacial score (nSPS) is 17.5. The van der Waals surface area contributed by atoms with Crippen LogP contribution in [0.15, 0.2) is 11.4 Å². The highest BCUT2D eigenvalue weighted by Gasteiger charge is 2.13. The van der Waals surface area contributed by atoms with Gasteiger partial charge in [-0.2, -0.15) is 0 Å². The van der Waals surface area contributed by atoms with Crippen molar-refractivity contribution in [3.05, 3.63) is 17.3 Å². The van der Waals surface area contributed by atoms with E-state index in [0.717, 1.165) is 61.1 Å². The van der Waals surface area contributed by atoms with Crippen molar-refractivity contribution in [2.24, 2.45) is 0 Å². The Kier molecular flexibility index (Phi) is 3.91. The molecular formula is C13H18N4OS. The molecule has 1 N–H and O–H groups in total. The first kappa shape index (κ1) is 12.8. The van der Waals surface area contributed by atoms with Gasteiger partial charge in [-0.3, -0.25) is 4.90 Å². The highest BCUT2D eigenvalue weighted by atomic mass is 32.1. The molecule has 5 nitrogen and oxygen atoms in total. The zero-order valence-electron chi connectivity index (χ0n) is 11.1. The molecule has 102 valence electrons. The topological polar surface area (TPSA) is 50.3 Å². The number of anilines is 1. The van der Waals surface area contributed by atoms with Crippen LogP contribution in [0.1, 0.15) is 12.2 Å². The van der Waals surface area contributed by atoms with E-state index >= 15 is 0 Å². The van der Waals surface area contributed by atoms with Gasteiger partial charge in [-0.1, -0.05) is 0 Å². The summed E-state index contributed by atoms with van der Waals surface area (Å²) in [6.45, 7) is 4.48. The predicted molar refractivity (Wildman–Crippen MR) is 77.7 cm³/mol. The van der Waals surface area contributed by atoms with Crippen LogP contribution in [0.25, 0.3) is 10.2 Å². The van der Waals surface area contributed by atoms with Gasteiger partial charge in [0.2, 0.25) is 0 Å². The van der Waals surface area contributed by atoms with E-state index in [9.17, 15) is 0 Å². The van der Waals surface area contributed by atoms with Gasteiger partial charge in [0.25, 0.3) is 0 Å². The summed E-state index contributed by atoms with van der Waals surface area (Å²) >= 11 is 1.66. The summed E-state index contributed by atoms with van der Waals surface area (Å²) in [7, 11) is 1.91. The summed E-state index contributed by atoms with van der Waals surface area (Å²) in [5.74, 6) is 1.81. The Morgan fingerprint density at radius 3 is 3.21 bits per heavy atom. The fourth-order valence-electron chi connectivity index (χ4n) is 2.32. The Bertz CT molecular complexity index is 549. The van der Waals surface area contributed by atoms with Crippen LogP contribution in [0.4, 0.5) is 5.82 Å². The van der Waals surface area contributed by atoms with Crippen molar-refractivity contribution in [1.29, 1.82) is 0 Å². The maximum Gasteiger partial charge on any atom is 0.146 e. The van der Waals surface area contributed by atoms with Gasteiger partial charge in [-0.25, -0.2) is 9.97 Å². The third kappa shape index (κ3) is 2.86. The Morgan fingerprint density at radius 2 is 2.32 bits per heavy atom. The molecule has 0 spiro atoms. The van der Waals surface area contributed by atoms with E-state index in [-0.39, 0.29) is 0 Å². The molecule has 1 fully saturated rings. The lowest BCUT2D eigenvalue weighted by molar-refractivity contribution is 0.140. The SMILES string of the molecule is CNc1nc(CN2CCCOCC2)nc2sccc12. The van der Waals surface area contributed by atoms with E-state index in [1.54, 1.807) is 11.3 Å². The number of hydrogen-bond donors (Lipinski definition) is 1. The van der Waals surface area contributed by atoms with Gasteiger partial charge in [0.1, 0.15) is 16.5 Å². The zero-order chi connectivity index (χ0) is 13.1. The molecule has 0 unspecified atom stereocenters. The quantitative estimate of drug-likeness (QED) is 0.930. The van der Waals surface area contributed by atoms with Crippen molar-refractivity contribution in [3.8, 4) is 0 Å². The van der Waals surface area contributed by atoms with Crippen LogP contribution in [-0.4, -0.2) is 48.2 Å². The van der Waals surface area contributed by atoms with Crippen LogP contribution in [-0.2, 0) is 11.3 Å². The third-order valence-corrected chi connectivity index (χ3v) is 4.09. The fraction of sp³-hybridized carbons (Fsp3) is 0.538. The minimum Gasteiger partial charge on any atom is -0.380 e. The number of fused-ring (bicyclic) bond motifs is 1. The van der Waals surface area contributed by atoms with Gasteiger partial charge in [-0.05, 0) is 17.9 Å². The number of nitrogens with zero attached hydrogens (tertiary/aromatic N) is 3. The average Bonchev–Trinajstić information content (AvgIpc) is 2.75. The smallest absolute Gasteiger partial charge is 0.146 e. The molecule has 0 bridgehead atoms. The summed E-state index contributed by atoms with van der Waals surface area (Å²) in [6, 6.07) is 2.06. The van der Waals surface area contributed by atoms with Crippen molar-refractivity contribution < 1.29 is 4.74 Å². The Morgan fingerprint density at radius 1 is 1.37 bits per heavy atom. The molecule has 0 aromatic carbocycles. The molecule has 6 heteroatoms. The van der Waals surface area contributed by atoms with Gasteiger partial charge < -0.3 is 10.1 Å². The molecule has 0 aliphatic carbocycles. The van der Waals surface area contributed by atoms with Gasteiger partial charge in [0.15, 0.2) is 0 Å². The molecule has 2 aromatic heterocycles. The first-order valence-corrected chi connectivity index (χ1v) is 7.47. The molecule has 0 saturated carbocycles. The van der Waals surface area contributed by atoms with E-state index in [0.29, 0.717) is 0 Å². The minimum atomic E-state index is 0.798. The first-order chi connectivity index (χ1) is 9.36. The van der Waals surface area contributed by atoms with Crippen LogP contribution in [0.5, 0.6) is 0 Å². The molecule has 3 heterocycles. The molecule has 1 aliphatic heterocycles. The summed E-state index contributed by atoms with van der Waals surface area (Å²) in [6.07, 6.45) is 1.08. The number of nitrogens with one attached hydrogen (secondary N) is 1. The molecule has 19 heavy (non-hydrogen) atoms. The second kappa shape index (κ2) is 5.81. The highest BCUT2D eigenvalue weighted by Crippen LogP contribution is 2.25. The standard InChI is InChI=1S/C13H18N4OS/c1-14-12-10-3-8-19-13(10)16-11(15-12)9-17-4-2-6-18-7-5-17/h3,8H,2,4-7,9H2,1H3,(H,14,15,16). The van der Waals surface area contributed by atoms with Crippen molar-refractivity contribution in [2.75, 3.05) is 38.7 Å². The van der Waals surface area contributed by atoms with E-state index in [1.165, 1.54) is 0 Å². The van der Waals surface area contributed by atoms with E-state index in [2.05, 4.69) is 31.6 Å². The number of rotatable bonds is 3. The van der Waals surface area contributed by atoms with E-state index in [1.807, 2.05) is 7.05 Å². The van der Waals surface area contributed by atoms with Crippen molar-refractivity contribution in [3.63, 3.8) is 0 Å². The van der Waals surface area contributed by atoms with Crippen LogP contribution in [0, 0.1) is 0 Å². The van der Waals surface area contributed by atoms with Crippen molar-refractivity contribution in [1.82, 2.24) is 14.9 Å². The van der Waals surface area contributed by atoms with Crippen LogP contribution in [0.3, 0.4) is 0 Å². The largest absolute Gasteiger partial charge is 0.380 e. The monoisotopic (exact) mass is 278 g/mol. The van der Waals surface area contributed by atoms with Crippen molar-refractivity contribution in [2.45, 2.75) is 13.0 Å². The lowest BCUT2D eigenvalue weighted by Crippen LogP contribution is -2.26. The summed E-state index contributed by atoms with van der Waals surface area (Å²) in [5.41, 5.74) is 0. The van der Waals surface area contributed by atoms with Gasteiger partial charge >= 0.3 is 0 Å². The van der Waals surface area contributed by atoms with Crippen LogP contribution in [0.2, 0.25) is 0 Å². The number of hydrogen-bond acceptors (Lipinski definition) is 6. The lowest BCUT2D eigenvalue weighted by Gasteiger charge is -2.18. The Hall–Kier alpha value is -1.24. The molecule has 2 aromatic rings. The molecule has 3 rings (SSSR count). The van der Waals surface area contributed by atoms with Gasteiger partial charge in [0.05, 0.1) is 18.5 Å².